The van der Waals surface area contributed by atoms with Crippen molar-refractivity contribution in [3.05, 3.63) is 0 Å². The van der Waals surface area contributed by atoms with Crippen LogP contribution in [0.2, 0.25) is 0 Å². The van der Waals surface area contributed by atoms with Gasteiger partial charge in [0, 0.05) is 6.42 Å². The molecule has 1 N–H and O–H groups in total. The Labute approximate surface area is 89.1 Å². The predicted molar refractivity (Wildman–Crippen MR) is 53.4 cm³/mol. The largest absolute Gasteiger partial charge is 0.464 e. The molecule has 1 heterocycles. The number of carbonyl (C=O) groups is 2. The number of unbranched alkanes of at least 4 members (excludes halogenated alkanes) is 2. The molecule has 5 heteroatoms. The summed E-state index contributed by atoms with van der Waals surface area (Å²) < 4.78 is 9.60. The van der Waals surface area contributed by atoms with Crippen molar-refractivity contribution < 1.29 is 19.1 Å². The third-order valence-electron chi connectivity index (χ3n) is 2.21. The number of nitrogens with one attached hydrogen (secondary N) is 1. The molecule has 1 aliphatic rings. The first-order valence-electron chi connectivity index (χ1n) is 5.34. The van der Waals surface area contributed by atoms with Crippen LogP contribution in [0.15, 0.2) is 0 Å². The second-order valence-electron chi connectivity index (χ2n) is 3.50. The molecule has 1 atom stereocenters. The van der Waals surface area contributed by atoms with Gasteiger partial charge in [-0.05, 0) is 6.42 Å². The molecule has 1 rings (SSSR count). The van der Waals surface area contributed by atoms with E-state index < -0.39 is 12.1 Å². The lowest BCUT2D eigenvalue weighted by Crippen LogP contribution is -2.38. The van der Waals surface area contributed by atoms with E-state index in [1.54, 1.807) is 0 Å². The summed E-state index contributed by atoms with van der Waals surface area (Å²) in [4.78, 5) is 22.2. The van der Waals surface area contributed by atoms with E-state index in [9.17, 15) is 9.59 Å². The van der Waals surface area contributed by atoms with Crippen LogP contribution in [0.3, 0.4) is 0 Å². The number of carbonyl (C=O) groups excluding carboxylic acids is 2. The van der Waals surface area contributed by atoms with Gasteiger partial charge in [0.2, 0.25) is 0 Å². The summed E-state index contributed by atoms with van der Waals surface area (Å²) in [5.74, 6) is -0.375. The number of rotatable bonds is 5. The van der Waals surface area contributed by atoms with E-state index in [0.29, 0.717) is 19.6 Å². The lowest BCUT2D eigenvalue weighted by Gasteiger charge is -2.09. The van der Waals surface area contributed by atoms with E-state index in [2.05, 4.69) is 12.2 Å². The van der Waals surface area contributed by atoms with E-state index in [0.717, 1.165) is 19.3 Å². The first-order valence-corrected chi connectivity index (χ1v) is 5.34. The number of amides is 1. The smallest absolute Gasteiger partial charge is 0.407 e. The second kappa shape index (κ2) is 6.27. The SMILES string of the molecule is CCCCCOC(=O)NC1CCOC1=O. The number of esters is 1. The lowest BCUT2D eigenvalue weighted by atomic mass is 10.2. The molecule has 0 aromatic rings. The average Bonchev–Trinajstić information content (AvgIpc) is 2.59. The van der Waals surface area contributed by atoms with Gasteiger partial charge in [-0.25, -0.2) is 9.59 Å². The molecular weight excluding hydrogens is 198 g/mol. The van der Waals surface area contributed by atoms with Crippen LogP contribution in [-0.2, 0) is 14.3 Å². The number of hydrogen-bond acceptors (Lipinski definition) is 4. The van der Waals surface area contributed by atoms with Gasteiger partial charge in [-0.15, -0.1) is 0 Å². The summed E-state index contributed by atoms with van der Waals surface area (Å²) in [5.41, 5.74) is 0. The van der Waals surface area contributed by atoms with Crippen molar-refractivity contribution in [2.45, 2.75) is 38.6 Å². The zero-order chi connectivity index (χ0) is 11.1. The molecule has 1 saturated heterocycles. The molecule has 1 aliphatic heterocycles. The first-order chi connectivity index (χ1) is 7.24. The van der Waals surface area contributed by atoms with Gasteiger partial charge >= 0.3 is 12.1 Å². The normalized spacial score (nSPS) is 19.8. The summed E-state index contributed by atoms with van der Waals surface area (Å²) in [7, 11) is 0. The minimum atomic E-state index is -0.532. The summed E-state index contributed by atoms with van der Waals surface area (Å²) in [5, 5.41) is 2.47. The molecule has 0 saturated carbocycles. The Morgan fingerprint density at radius 1 is 1.60 bits per heavy atom. The van der Waals surface area contributed by atoms with Gasteiger partial charge in [-0.1, -0.05) is 19.8 Å². The lowest BCUT2D eigenvalue weighted by molar-refractivity contribution is -0.139. The Hall–Kier alpha value is -1.26. The molecule has 1 fully saturated rings. The fourth-order valence-corrected chi connectivity index (χ4v) is 1.33. The Balaban J connectivity index is 2.10. The molecule has 0 spiro atoms. The minimum Gasteiger partial charge on any atom is -0.464 e. The van der Waals surface area contributed by atoms with Crippen LogP contribution in [-0.4, -0.2) is 31.3 Å². The summed E-state index contributed by atoms with van der Waals surface area (Å²) >= 11 is 0. The van der Waals surface area contributed by atoms with Crippen molar-refractivity contribution in [3.63, 3.8) is 0 Å². The highest BCUT2D eigenvalue weighted by Crippen LogP contribution is 2.05. The van der Waals surface area contributed by atoms with E-state index in [4.69, 9.17) is 9.47 Å². The van der Waals surface area contributed by atoms with Gasteiger partial charge < -0.3 is 14.8 Å². The summed E-state index contributed by atoms with van der Waals surface area (Å²) in [6, 6.07) is -0.524. The molecule has 5 nitrogen and oxygen atoms in total. The molecule has 15 heavy (non-hydrogen) atoms. The quantitative estimate of drug-likeness (QED) is 0.553. The molecule has 0 aliphatic carbocycles. The third-order valence-corrected chi connectivity index (χ3v) is 2.21. The van der Waals surface area contributed by atoms with Gasteiger partial charge in [0.05, 0.1) is 13.2 Å². The van der Waals surface area contributed by atoms with Crippen molar-refractivity contribution in [3.8, 4) is 0 Å². The highest BCUT2D eigenvalue weighted by Gasteiger charge is 2.28. The molecule has 0 aromatic heterocycles. The second-order valence-corrected chi connectivity index (χ2v) is 3.50. The van der Waals surface area contributed by atoms with E-state index >= 15 is 0 Å². The minimum absolute atomic E-state index is 0.375. The number of cyclic esters (lactones) is 1. The Bertz CT molecular complexity index is 229. The van der Waals surface area contributed by atoms with Gasteiger partial charge in [0.1, 0.15) is 6.04 Å². The Morgan fingerprint density at radius 3 is 3.00 bits per heavy atom. The van der Waals surface area contributed by atoms with E-state index in [-0.39, 0.29) is 5.97 Å². The van der Waals surface area contributed by atoms with Crippen molar-refractivity contribution >= 4 is 12.1 Å². The summed E-state index contributed by atoms with van der Waals surface area (Å²) in [6.07, 6.45) is 2.98. The van der Waals surface area contributed by atoms with Crippen molar-refractivity contribution in [2.75, 3.05) is 13.2 Å². The van der Waals surface area contributed by atoms with Crippen LogP contribution in [0.25, 0.3) is 0 Å². The maximum absolute atomic E-state index is 11.2. The van der Waals surface area contributed by atoms with Gasteiger partial charge in [0.15, 0.2) is 0 Å². The van der Waals surface area contributed by atoms with Crippen LogP contribution < -0.4 is 5.32 Å². The maximum atomic E-state index is 11.2. The van der Waals surface area contributed by atoms with Gasteiger partial charge in [-0.3, -0.25) is 0 Å². The molecule has 0 bridgehead atoms. The predicted octanol–water partition coefficient (Wildman–Crippen LogP) is 1.22. The number of alkyl carbamates (subject to hydrolysis) is 1. The fraction of sp³-hybridized carbons (Fsp3) is 0.800. The monoisotopic (exact) mass is 215 g/mol. The fourth-order valence-electron chi connectivity index (χ4n) is 1.33. The van der Waals surface area contributed by atoms with Crippen LogP contribution in [0.5, 0.6) is 0 Å². The molecular formula is C10H17NO4. The standard InChI is InChI=1S/C10H17NO4/c1-2-3-4-6-15-10(13)11-8-5-7-14-9(8)12/h8H,2-7H2,1H3,(H,11,13). The maximum Gasteiger partial charge on any atom is 0.407 e. The summed E-state index contributed by atoms with van der Waals surface area (Å²) in [6.45, 7) is 2.86. The first kappa shape index (κ1) is 11.8. The number of hydrogen-bond donors (Lipinski definition) is 1. The molecule has 86 valence electrons. The van der Waals surface area contributed by atoms with Gasteiger partial charge in [-0.2, -0.15) is 0 Å². The van der Waals surface area contributed by atoms with Crippen molar-refractivity contribution in [1.82, 2.24) is 5.32 Å². The Kier molecular flexibility index (Phi) is 4.93. The van der Waals surface area contributed by atoms with Gasteiger partial charge in [0.25, 0.3) is 0 Å². The zero-order valence-electron chi connectivity index (χ0n) is 8.95. The molecule has 0 radical (unpaired) electrons. The zero-order valence-corrected chi connectivity index (χ0v) is 8.95. The Morgan fingerprint density at radius 2 is 2.40 bits per heavy atom. The van der Waals surface area contributed by atoms with Crippen molar-refractivity contribution in [1.29, 1.82) is 0 Å². The average molecular weight is 215 g/mol. The van der Waals surface area contributed by atoms with Crippen LogP contribution in [0.4, 0.5) is 4.79 Å². The van der Waals surface area contributed by atoms with Crippen molar-refractivity contribution in [2.24, 2.45) is 0 Å². The topological polar surface area (TPSA) is 64.6 Å². The van der Waals surface area contributed by atoms with E-state index in [1.807, 2.05) is 0 Å². The molecule has 0 aromatic carbocycles. The van der Waals surface area contributed by atoms with Crippen LogP contribution >= 0.6 is 0 Å². The van der Waals surface area contributed by atoms with E-state index in [1.165, 1.54) is 0 Å². The molecule has 1 unspecified atom stereocenters. The number of ether oxygens (including phenoxy) is 2. The highest BCUT2D eigenvalue weighted by molar-refractivity contribution is 5.82. The third kappa shape index (κ3) is 4.18. The van der Waals surface area contributed by atoms with Crippen LogP contribution in [0, 0.1) is 0 Å². The molecule has 1 amide bonds. The van der Waals surface area contributed by atoms with Crippen LogP contribution in [0.1, 0.15) is 32.6 Å². The highest BCUT2D eigenvalue weighted by atomic mass is 16.6.